The first-order valence-electron chi connectivity index (χ1n) is 13.4. The van der Waals surface area contributed by atoms with Crippen molar-refractivity contribution in [1.29, 1.82) is 5.41 Å². The van der Waals surface area contributed by atoms with E-state index in [0.29, 0.717) is 70.0 Å². The van der Waals surface area contributed by atoms with Crippen molar-refractivity contribution >= 4 is 52.2 Å². The summed E-state index contributed by atoms with van der Waals surface area (Å²) >= 11 is 13.1. The molecule has 0 aromatic heterocycles. The molecule has 11 heteroatoms. The molecule has 0 unspecified atom stereocenters. The summed E-state index contributed by atoms with van der Waals surface area (Å²) in [6.07, 6.45) is 0. The van der Waals surface area contributed by atoms with Gasteiger partial charge < -0.3 is 30.3 Å². The zero-order chi connectivity index (χ0) is 30.8. The number of rotatable bonds is 6. The topological polar surface area (TPSA) is 121 Å². The number of nitrogens with one attached hydrogen (secondary N) is 2. The SMILES string of the molecule is COc1cc(OC)c(Cl)c(-c2ccc(C(=N)NC(=O)c3ccc(N4CCN(C(=O)C(C)(C)C)CC4)cc3)c(N)c2)c1Cl. The largest absolute Gasteiger partial charge is 0.495 e. The Morgan fingerprint density at radius 1 is 0.905 bits per heavy atom. The standard InChI is InChI=1S/C31H35Cl2N5O4/c1-31(2,3)30(40)38-14-12-37(13-15-38)20-9-6-18(7-10-20)29(39)36-28(35)21-11-8-19(16-22(21)34)25-26(32)23(41-4)17-24(42-5)27(25)33/h6-11,16-17H,12-15,34H2,1-5H3,(H2,35,36,39). The first kappa shape index (κ1) is 31.0. The van der Waals surface area contributed by atoms with Gasteiger partial charge in [0.1, 0.15) is 17.3 Å². The zero-order valence-electron chi connectivity index (χ0n) is 24.3. The van der Waals surface area contributed by atoms with Gasteiger partial charge in [0.2, 0.25) is 5.91 Å². The van der Waals surface area contributed by atoms with E-state index in [0.717, 1.165) is 5.69 Å². The smallest absolute Gasteiger partial charge is 0.256 e. The number of halogens is 2. The Hall–Kier alpha value is -3.95. The Kier molecular flexibility index (Phi) is 9.23. The third-order valence-electron chi connectivity index (χ3n) is 7.12. The van der Waals surface area contributed by atoms with Gasteiger partial charge in [0.25, 0.3) is 5.91 Å². The number of nitrogens with two attached hydrogens (primary N) is 1. The van der Waals surface area contributed by atoms with Crippen LogP contribution in [0.5, 0.6) is 11.5 Å². The van der Waals surface area contributed by atoms with Crippen molar-refractivity contribution in [3.05, 3.63) is 69.7 Å². The lowest BCUT2D eigenvalue weighted by atomic mass is 9.94. The van der Waals surface area contributed by atoms with E-state index in [2.05, 4.69) is 10.2 Å². The normalized spacial score (nSPS) is 13.5. The number of carbonyl (C=O) groups excluding carboxylic acids is 2. The van der Waals surface area contributed by atoms with Crippen molar-refractivity contribution in [2.75, 3.05) is 51.0 Å². The highest BCUT2D eigenvalue weighted by molar-refractivity contribution is 6.41. The number of anilines is 2. The Morgan fingerprint density at radius 2 is 1.48 bits per heavy atom. The van der Waals surface area contributed by atoms with Crippen LogP contribution in [0.15, 0.2) is 48.5 Å². The molecule has 4 rings (SSSR count). The lowest BCUT2D eigenvalue weighted by Crippen LogP contribution is -2.51. The number of amidine groups is 1. The second-order valence-corrected chi connectivity index (χ2v) is 11.7. The number of piperazine rings is 1. The van der Waals surface area contributed by atoms with Gasteiger partial charge in [-0.05, 0) is 42.0 Å². The van der Waals surface area contributed by atoms with E-state index in [9.17, 15) is 9.59 Å². The molecule has 1 fully saturated rings. The minimum Gasteiger partial charge on any atom is -0.495 e. The fourth-order valence-corrected chi connectivity index (χ4v) is 5.52. The maximum atomic E-state index is 12.9. The van der Waals surface area contributed by atoms with Crippen LogP contribution in [0.25, 0.3) is 11.1 Å². The van der Waals surface area contributed by atoms with Crippen LogP contribution in [-0.2, 0) is 4.79 Å². The molecular weight excluding hydrogens is 577 g/mol. The van der Waals surface area contributed by atoms with Gasteiger partial charge in [-0.2, -0.15) is 0 Å². The maximum absolute atomic E-state index is 12.9. The minimum absolute atomic E-state index is 0.145. The van der Waals surface area contributed by atoms with E-state index in [-0.39, 0.29) is 17.4 Å². The van der Waals surface area contributed by atoms with Crippen LogP contribution >= 0.6 is 23.2 Å². The van der Waals surface area contributed by atoms with Gasteiger partial charge in [-0.15, -0.1) is 0 Å². The first-order chi connectivity index (χ1) is 19.8. The van der Waals surface area contributed by atoms with E-state index in [1.807, 2.05) is 37.8 Å². The number of carbonyl (C=O) groups is 2. The van der Waals surface area contributed by atoms with Crippen molar-refractivity contribution < 1.29 is 19.1 Å². The highest BCUT2D eigenvalue weighted by Gasteiger charge is 2.30. The molecule has 1 heterocycles. The predicted molar refractivity (Wildman–Crippen MR) is 168 cm³/mol. The predicted octanol–water partition coefficient (Wildman–Crippen LogP) is 5.71. The quantitative estimate of drug-likeness (QED) is 0.186. The van der Waals surface area contributed by atoms with E-state index in [4.69, 9.17) is 43.8 Å². The van der Waals surface area contributed by atoms with Crippen LogP contribution < -0.4 is 25.4 Å². The van der Waals surface area contributed by atoms with Crippen LogP contribution in [0.2, 0.25) is 10.0 Å². The van der Waals surface area contributed by atoms with Crippen LogP contribution in [0.1, 0.15) is 36.7 Å². The van der Waals surface area contributed by atoms with Crippen molar-refractivity contribution in [1.82, 2.24) is 10.2 Å². The number of methoxy groups -OCH3 is 2. The third kappa shape index (κ3) is 6.42. The maximum Gasteiger partial charge on any atom is 0.256 e. The summed E-state index contributed by atoms with van der Waals surface area (Å²) in [5.74, 6) is 0.353. The number of hydrogen-bond acceptors (Lipinski definition) is 7. The summed E-state index contributed by atoms with van der Waals surface area (Å²) in [5, 5.41) is 11.7. The molecule has 0 spiro atoms. The van der Waals surface area contributed by atoms with Crippen LogP contribution in [0.4, 0.5) is 11.4 Å². The average molecular weight is 613 g/mol. The number of amides is 2. The Labute approximate surface area is 256 Å². The summed E-state index contributed by atoms with van der Waals surface area (Å²) in [7, 11) is 2.98. The first-order valence-corrected chi connectivity index (χ1v) is 14.2. The summed E-state index contributed by atoms with van der Waals surface area (Å²) in [4.78, 5) is 29.6. The van der Waals surface area contributed by atoms with Crippen LogP contribution in [0, 0.1) is 10.8 Å². The van der Waals surface area contributed by atoms with Crippen molar-refractivity contribution in [2.24, 2.45) is 5.41 Å². The zero-order valence-corrected chi connectivity index (χ0v) is 25.8. The third-order valence-corrected chi connectivity index (χ3v) is 7.88. The molecule has 1 aliphatic rings. The van der Waals surface area contributed by atoms with Gasteiger partial charge in [0.05, 0.1) is 24.3 Å². The summed E-state index contributed by atoms with van der Waals surface area (Å²) in [5.41, 5.74) is 8.95. The molecule has 1 aliphatic heterocycles. The van der Waals surface area contributed by atoms with E-state index >= 15 is 0 Å². The van der Waals surface area contributed by atoms with E-state index in [1.165, 1.54) is 14.2 Å². The van der Waals surface area contributed by atoms with Crippen molar-refractivity contribution in [3.63, 3.8) is 0 Å². The number of ether oxygens (including phenoxy) is 2. The monoisotopic (exact) mass is 611 g/mol. The minimum atomic E-state index is -0.431. The van der Waals surface area contributed by atoms with Gasteiger partial charge in [0.15, 0.2) is 0 Å². The summed E-state index contributed by atoms with van der Waals surface area (Å²) in [6.45, 7) is 8.53. The number of benzene rings is 3. The van der Waals surface area contributed by atoms with Crippen molar-refractivity contribution in [3.8, 4) is 22.6 Å². The molecule has 0 atom stereocenters. The van der Waals surface area contributed by atoms with Crippen LogP contribution in [0.3, 0.4) is 0 Å². The second kappa shape index (κ2) is 12.5. The number of nitrogen functional groups attached to an aromatic ring is 1. The van der Waals surface area contributed by atoms with E-state index in [1.54, 1.807) is 36.4 Å². The Morgan fingerprint density at radius 3 is 1.98 bits per heavy atom. The van der Waals surface area contributed by atoms with Gasteiger partial charge in [-0.3, -0.25) is 15.0 Å². The molecule has 2 amide bonds. The molecule has 1 saturated heterocycles. The molecule has 0 aliphatic carbocycles. The van der Waals surface area contributed by atoms with Gasteiger partial charge in [-0.1, -0.05) is 50.0 Å². The molecular formula is C31H35Cl2N5O4. The highest BCUT2D eigenvalue weighted by atomic mass is 35.5. The summed E-state index contributed by atoms with van der Waals surface area (Å²) in [6, 6.07) is 13.7. The Bertz CT molecular complexity index is 1480. The molecule has 0 bridgehead atoms. The molecule has 222 valence electrons. The molecule has 3 aromatic carbocycles. The molecule has 4 N–H and O–H groups in total. The molecule has 42 heavy (non-hydrogen) atoms. The molecule has 0 saturated carbocycles. The number of hydrogen-bond donors (Lipinski definition) is 3. The van der Waals surface area contributed by atoms with Gasteiger partial charge >= 0.3 is 0 Å². The average Bonchev–Trinajstić information content (AvgIpc) is 2.96. The lowest BCUT2D eigenvalue weighted by molar-refractivity contribution is -0.139. The molecule has 3 aromatic rings. The van der Waals surface area contributed by atoms with Gasteiger partial charge in [0, 0.05) is 65.7 Å². The summed E-state index contributed by atoms with van der Waals surface area (Å²) < 4.78 is 10.7. The fraction of sp³-hybridized carbons (Fsp3) is 0.323. The Balaban J connectivity index is 1.43. The number of nitrogens with zero attached hydrogens (tertiary/aromatic N) is 2. The van der Waals surface area contributed by atoms with Gasteiger partial charge in [-0.25, -0.2) is 0 Å². The van der Waals surface area contributed by atoms with Crippen LogP contribution in [-0.4, -0.2) is 62.9 Å². The van der Waals surface area contributed by atoms with E-state index < -0.39 is 11.3 Å². The molecule has 9 nitrogen and oxygen atoms in total. The highest BCUT2D eigenvalue weighted by Crippen LogP contribution is 2.46. The second-order valence-electron chi connectivity index (χ2n) is 11.0. The fourth-order valence-electron chi connectivity index (χ4n) is 4.80. The lowest BCUT2D eigenvalue weighted by Gasteiger charge is -2.38. The van der Waals surface area contributed by atoms with Crippen molar-refractivity contribution in [2.45, 2.75) is 20.8 Å². The molecule has 0 radical (unpaired) electrons.